The lowest BCUT2D eigenvalue weighted by Gasteiger charge is -2.15. The van der Waals surface area contributed by atoms with Gasteiger partial charge in [0.05, 0.1) is 40.9 Å². The van der Waals surface area contributed by atoms with Crippen LogP contribution in [0.5, 0.6) is 0 Å². The first-order chi connectivity index (χ1) is 12.6. The summed E-state index contributed by atoms with van der Waals surface area (Å²) in [4.78, 5) is 15.6. The Morgan fingerprint density at radius 1 is 1.17 bits per heavy atom. The molecule has 29 heavy (non-hydrogen) atoms. The maximum Gasteiger partial charge on any atom is 0.418 e. The Morgan fingerprint density at radius 2 is 1.83 bits per heavy atom. The summed E-state index contributed by atoms with van der Waals surface area (Å²) in [5.74, 6) is -2.28. The number of carbonyl (C=O) groups is 1. The van der Waals surface area contributed by atoms with E-state index in [2.05, 4.69) is 15.6 Å². The molecule has 0 unspecified atom stereocenters. The van der Waals surface area contributed by atoms with Crippen molar-refractivity contribution in [3.05, 3.63) is 53.4 Å². The fourth-order valence-electron chi connectivity index (χ4n) is 2.38. The van der Waals surface area contributed by atoms with Crippen molar-refractivity contribution >= 4 is 42.1 Å². The number of rotatable bonds is 5. The highest BCUT2D eigenvalue weighted by atomic mass is 35.5. The van der Waals surface area contributed by atoms with E-state index in [1.807, 2.05) is 0 Å². The molecule has 0 aliphatic heterocycles. The zero-order chi connectivity index (χ0) is 19.8. The maximum atomic E-state index is 14.1. The molecule has 160 valence electrons. The van der Waals surface area contributed by atoms with E-state index >= 15 is 0 Å². The van der Waals surface area contributed by atoms with E-state index in [4.69, 9.17) is 5.73 Å². The molecule has 3 rings (SSSR count). The molecule has 1 heterocycles. The van der Waals surface area contributed by atoms with Crippen LogP contribution in [-0.4, -0.2) is 16.4 Å². The molecule has 1 aliphatic rings. The number of nitrogens with one attached hydrogen (secondary N) is 2. The lowest BCUT2D eigenvalue weighted by atomic mass is 10.1. The first-order valence-electron chi connectivity index (χ1n) is 7.94. The van der Waals surface area contributed by atoms with Crippen molar-refractivity contribution in [3.8, 4) is 0 Å². The molecule has 0 radical (unpaired) electrons. The fraction of sp³-hybridized carbons (Fsp3) is 0.294. The molecule has 0 spiro atoms. The smallest absolute Gasteiger partial charge is 0.354 e. The molecule has 0 saturated heterocycles. The summed E-state index contributed by atoms with van der Waals surface area (Å²) in [5, 5.41) is 4.85. The number of nitrogens with two attached hydrogens (primary N) is 1. The van der Waals surface area contributed by atoms with Gasteiger partial charge in [-0.25, -0.2) is 8.78 Å². The average molecular weight is 459 g/mol. The molecule has 1 fully saturated rings. The molecule has 0 bridgehead atoms. The van der Waals surface area contributed by atoms with E-state index in [1.165, 1.54) is 0 Å². The van der Waals surface area contributed by atoms with Gasteiger partial charge in [-0.05, 0) is 31.0 Å². The van der Waals surface area contributed by atoms with E-state index in [0.717, 1.165) is 24.4 Å². The van der Waals surface area contributed by atoms with Gasteiger partial charge < -0.3 is 16.4 Å². The van der Waals surface area contributed by atoms with Crippen molar-refractivity contribution in [3.63, 3.8) is 0 Å². The van der Waals surface area contributed by atoms with Gasteiger partial charge in [0.15, 0.2) is 0 Å². The van der Waals surface area contributed by atoms with Gasteiger partial charge in [-0.3, -0.25) is 9.78 Å². The summed E-state index contributed by atoms with van der Waals surface area (Å²) in [7, 11) is 0. The van der Waals surface area contributed by atoms with Gasteiger partial charge in [-0.1, -0.05) is 0 Å². The lowest BCUT2D eigenvalue weighted by molar-refractivity contribution is -0.137. The number of anilines is 2. The second kappa shape index (κ2) is 9.10. The minimum absolute atomic E-state index is 0. The average Bonchev–Trinajstić information content (AvgIpc) is 3.33. The zero-order valence-corrected chi connectivity index (χ0v) is 16.3. The maximum absolute atomic E-state index is 14.1. The largest absolute Gasteiger partial charge is 0.418 e. The number of aromatic nitrogens is 1. The van der Waals surface area contributed by atoms with E-state index in [1.54, 1.807) is 0 Å². The van der Waals surface area contributed by atoms with Crippen LogP contribution in [0.2, 0.25) is 0 Å². The van der Waals surface area contributed by atoms with Gasteiger partial charge in [0.25, 0.3) is 0 Å². The number of carbonyl (C=O) groups excluding carboxylic acids is 1. The van der Waals surface area contributed by atoms with Gasteiger partial charge in [-0.2, -0.15) is 13.2 Å². The van der Waals surface area contributed by atoms with Crippen molar-refractivity contribution in [2.75, 3.05) is 5.32 Å². The molecule has 1 aromatic heterocycles. The molecule has 1 aliphatic carbocycles. The van der Waals surface area contributed by atoms with Gasteiger partial charge in [0.2, 0.25) is 5.91 Å². The van der Waals surface area contributed by atoms with Crippen molar-refractivity contribution < 1.29 is 26.7 Å². The van der Waals surface area contributed by atoms with Crippen LogP contribution in [0.1, 0.15) is 24.1 Å². The second-order valence-electron chi connectivity index (χ2n) is 6.30. The minimum atomic E-state index is -4.79. The van der Waals surface area contributed by atoms with Crippen LogP contribution >= 0.6 is 24.8 Å². The first-order valence-corrected chi connectivity index (χ1v) is 7.94. The molecular formula is C17H17Cl2F5N4O. The van der Waals surface area contributed by atoms with Gasteiger partial charge in [0.1, 0.15) is 11.6 Å². The number of benzene rings is 1. The van der Waals surface area contributed by atoms with Crippen LogP contribution in [0.3, 0.4) is 0 Å². The molecule has 4 N–H and O–H groups in total. The van der Waals surface area contributed by atoms with Crippen LogP contribution in [-0.2, 0) is 17.5 Å². The van der Waals surface area contributed by atoms with Gasteiger partial charge in [0, 0.05) is 6.07 Å². The first kappa shape index (κ1) is 24.9. The quantitative estimate of drug-likeness (QED) is 0.589. The fourth-order valence-corrected chi connectivity index (χ4v) is 2.38. The number of pyridine rings is 1. The predicted molar refractivity (Wildman–Crippen MR) is 101 cm³/mol. The summed E-state index contributed by atoms with van der Waals surface area (Å²) >= 11 is 0. The van der Waals surface area contributed by atoms with Crippen LogP contribution in [0.15, 0.2) is 30.5 Å². The minimum Gasteiger partial charge on any atom is -0.354 e. The number of halogens is 7. The third kappa shape index (κ3) is 5.91. The van der Waals surface area contributed by atoms with Crippen LogP contribution < -0.4 is 16.4 Å². The molecule has 0 atom stereocenters. The van der Waals surface area contributed by atoms with E-state index < -0.39 is 40.5 Å². The van der Waals surface area contributed by atoms with E-state index in [9.17, 15) is 26.7 Å². The Labute approximate surface area is 175 Å². The van der Waals surface area contributed by atoms with Crippen molar-refractivity contribution in [2.45, 2.75) is 31.1 Å². The predicted octanol–water partition coefficient (Wildman–Crippen LogP) is 4.07. The van der Waals surface area contributed by atoms with Gasteiger partial charge >= 0.3 is 6.18 Å². The van der Waals surface area contributed by atoms with Gasteiger partial charge in [-0.15, -0.1) is 24.8 Å². The number of alkyl halides is 3. The third-order valence-corrected chi connectivity index (χ3v) is 4.14. The molecule has 1 saturated carbocycles. The summed E-state index contributed by atoms with van der Waals surface area (Å²) in [6.45, 7) is -0.200. The standard InChI is InChI=1S/C17H15F5N4O.2ClH/c18-9-1-2-13(11(5-9)17(20,21)22)26-10-6-12(19)14(24-7-10)8-25-15(27)16(23)3-4-16;;/h1-2,5-7,26H,3-4,8,23H2,(H,25,27);2*1H. The van der Waals surface area contributed by atoms with Crippen molar-refractivity contribution in [1.29, 1.82) is 0 Å². The molecule has 1 amide bonds. The normalized spacial score (nSPS) is 14.3. The number of hydrogen-bond donors (Lipinski definition) is 3. The molecule has 5 nitrogen and oxygen atoms in total. The highest BCUT2D eigenvalue weighted by Crippen LogP contribution is 2.36. The number of hydrogen-bond acceptors (Lipinski definition) is 4. The lowest BCUT2D eigenvalue weighted by Crippen LogP contribution is -2.42. The highest BCUT2D eigenvalue weighted by Gasteiger charge is 2.45. The van der Waals surface area contributed by atoms with E-state index in [-0.39, 0.29) is 42.7 Å². The SMILES string of the molecule is Cl.Cl.NC1(C(=O)NCc2ncc(Nc3ccc(F)cc3C(F)(F)F)cc2F)CC1. The van der Waals surface area contributed by atoms with Crippen LogP contribution in [0, 0.1) is 11.6 Å². The summed E-state index contributed by atoms with van der Waals surface area (Å²) in [6.07, 6.45) is -2.57. The zero-order valence-electron chi connectivity index (χ0n) is 14.6. The van der Waals surface area contributed by atoms with Crippen molar-refractivity contribution in [2.24, 2.45) is 5.73 Å². The summed E-state index contributed by atoms with van der Waals surface area (Å²) in [6, 6.07) is 3.04. The number of amides is 1. The second-order valence-corrected chi connectivity index (χ2v) is 6.30. The topological polar surface area (TPSA) is 80.0 Å². The third-order valence-electron chi connectivity index (χ3n) is 4.14. The van der Waals surface area contributed by atoms with Crippen LogP contribution in [0.4, 0.5) is 33.3 Å². The molecule has 1 aromatic carbocycles. The highest BCUT2D eigenvalue weighted by molar-refractivity contribution is 5.88. The van der Waals surface area contributed by atoms with Crippen molar-refractivity contribution in [1.82, 2.24) is 10.3 Å². The molecule has 12 heteroatoms. The van der Waals surface area contributed by atoms with Crippen LogP contribution in [0.25, 0.3) is 0 Å². The monoisotopic (exact) mass is 458 g/mol. The Bertz CT molecular complexity index is 891. The summed E-state index contributed by atoms with van der Waals surface area (Å²) in [5.41, 5.74) is 2.99. The Balaban J connectivity index is 0.00000210. The Morgan fingerprint density at radius 3 is 2.38 bits per heavy atom. The molecule has 2 aromatic rings. The Hall–Kier alpha value is -2.17. The Kier molecular flexibility index (Phi) is 7.80. The summed E-state index contributed by atoms with van der Waals surface area (Å²) < 4.78 is 66.3. The molecular weight excluding hydrogens is 442 g/mol. The van der Waals surface area contributed by atoms with E-state index in [0.29, 0.717) is 18.9 Å². The number of nitrogens with zero attached hydrogens (tertiary/aromatic N) is 1.